The van der Waals surface area contributed by atoms with Crippen molar-refractivity contribution in [3.8, 4) is 11.1 Å². The van der Waals surface area contributed by atoms with E-state index in [0.717, 1.165) is 22.3 Å². The summed E-state index contributed by atoms with van der Waals surface area (Å²) in [5.74, 6) is -1.56. The summed E-state index contributed by atoms with van der Waals surface area (Å²) >= 11 is 0. The molecule has 0 heterocycles. The summed E-state index contributed by atoms with van der Waals surface area (Å²) in [7, 11) is 2.92. The van der Waals surface area contributed by atoms with Crippen LogP contribution in [0.4, 0.5) is 4.79 Å². The zero-order chi connectivity index (χ0) is 23.3. The molecule has 0 aliphatic heterocycles. The third kappa shape index (κ3) is 5.08. The molecule has 2 N–H and O–H groups in total. The van der Waals surface area contributed by atoms with Crippen LogP contribution in [-0.2, 0) is 19.1 Å². The molecular formula is C24H28N2O6. The third-order valence-corrected chi connectivity index (χ3v) is 5.76. The first-order valence-electron chi connectivity index (χ1n) is 10.4. The van der Waals surface area contributed by atoms with Gasteiger partial charge in [0.05, 0.1) is 12.5 Å². The van der Waals surface area contributed by atoms with Crippen LogP contribution in [0.2, 0.25) is 0 Å². The Morgan fingerprint density at radius 2 is 1.62 bits per heavy atom. The fourth-order valence-corrected chi connectivity index (χ4v) is 3.89. The molecule has 170 valence electrons. The van der Waals surface area contributed by atoms with Gasteiger partial charge in [0.15, 0.2) is 0 Å². The average Bonchev–Trinajstić information content (AvgIpc) is 3.12. The molecule has 0 fully saturated rings. The number of aliphatic carboxylic acids is 1. The van der Waals surface area contributed by atoms with Crippen LogP contribution in [0.3, 0.4) is 0 Å². The fraction of sp³-hybridized carbons (Fsp3) is 0.375. The van der Waals surface area contributed by atoms with Gasteiger partial charge in [0.25, 0.3) is 0 Å². The van der Waals surface area contributed by atoms with Gasteiger partial charge < -0.3 is 24.8 Å². The van der Waals surface area contributed by atoms with Crippen molar-refractivity contribution in [2.24, 2.45) is 0 Å². The zero-order valence-electron chi connectivity index (χ0n) is 18.4. The van der Waals surface area contributed by atoms with Crippen LogP contribution in [0.15, 0.2) is 48.5 Å². The van der Waals surface area contributed by atoms with Crippen molar-refractivity contribution in [3.05, 3.63) is 59.7 Å². The quantitative estimate of drug-likeness (QED) is 0.621. The molecule has 2 atom stereocenters. The monoisotopic (exact) mass is 440 g/mol. The van der Waals surface area contributed by atoms with E-state index in [4.69, 9.17) is 14.6 Å². The highest BCUT2D eigenvalue weighted by Gasteiger charge is 2.32. The third-order valence-electron chi connectivity index (χ3n) is 5.76. The van der Waals surface area contributed by atoms with E-state index in [9.17, 15) is 14.4 Å². The topological polar surface area (TPSA) is 105 Å². The normalized spacial score (nSPS) is 14.1. The number of nitrogens with zero attached hydrogens (tertiary/aromatic N) is 1. The van der Waals surface area contributed by atoms with Crippen LogP contribution in [0.1, 0.15) is 30.4 Å². The lowest BCUT2D eigenvalue weighted by atomic mass is 9.98. The number of hydrogen-bond donors (Lipinski definition) is 2. The summed E-state index contributed by atoms with van der Waals surface area (Å²) in [6, 6.07) is 15.0. The Morgan fingerprint density at radius 1 is 1.06 bits per heavy atom. The lowest BCUT2D eigenvalue weighted by Crippen LogP contribution is -2.53. The second-order valence-corrected chi connectivity index (χ2v) is 7.79. The van der Waals surface area contributed by atoms with E-state index in [1.54, 1.807) is 6.92 Å². The number of rotatable bonds is 9. The molecule has 0 radical (unpaired) electrons. The second kappa shape index (κ2) is 10.3. The Hall–Kier alpha value is -3.39. The van der Waals surface area contributed by atoms with Crippen LogP contribution >= 0.6 is 0 Å². The van der Waals surface area contributed by atoms with E-state index in [0.29, 0.717) is 0 Å². The van der Waals surface area contributed by atoms with E-state index in [-0.39, 0.29) is 25.5 Å². The first-order valence-corrected chi connectivity index (χ1v) is 10.4. The van der Waals surface area contributed by atoms with Crippen molar-refractivity contribution < 1.29 is 29.0 Å². The summed E-state index contributed by atoms with van der Waals surface area (Å²) in [4.78, 5) is 37.4. The second-order valence-electron chi connectivity index (χ2n) is 7.79. The van der Waals surface area contributed by atoms with Gasteiger partial charge in [-0.25, -0.2) is 4.79 Å². The van der Waals surface area contributed by atoms with Gasteiger partial charge in [-0.3, -0.25) is 9.59 Å². The lowest BCUT2D eigenvalue weighted by Gasteiger charge is -2.27. The van der Waals surface area contributed by atoms with Crippen LogP contribution < -0.4 is 5.32 Å². The zero-order valence-corrected chi connectivity index (χ0v) is 18.4. The van der Waals surface area contributed by atoms with E-state index < -0.39 is 30.1 Å². The highest BCUT2D eigenvalue weighted by atomic mass is 16.5. The molecule has 1 aliphatic carbocycles. The molecule has 0 unspecified atom stereocenters. The molecule has 0 saturated heterocycles. The minimum atomic E-state index is -1.01. The summed E-state index contributed by atoms with van der Waals surface area (Å²) in [6.45, 7) is 1.79. The molecule has 0 saturated carbocycles. The number of hydrogen-bond acceptors (Lipinski definition) is 5. The van der Waals surface area contributed by atoms with Crippen molar-refractivity contribution in [2.75, 3.05) is 27.3 Å². The maximum absolute atomic E-state index is 12.8. The predicted octanol–water partition coefficient (Wildman–Crippen LogP) is 2.86. The van der Waals surface area contributed by atoms with Crippen molar-refractivity contribution in [1.29, 1.82) is 0 Å². The number of methoxy groups -OCH3 is 1. The number of likely N-dealkylation sites (N-methyl/N-ethyl adjacent to an activating group) is 1. The number of carboxylic acids is 1. The molecule has 8 nitrogen and oxygen atoms in total. The Kier molecular flexibility index (Phi) is 7.48. The van der Waals surface area contributed by atoms with E-state index in [1.165, 1.54) is 19.1 Å². The predicted molar refractivity (Wildman–Crippen MR) is 118 cm³/mol. The maximum Gasteiger partial charge on any atom is 0.407 e. The number of carbonyl (C=O) groups is 3. The number of carboxylic acid groups (broad SMARTS) is 1. The Morgan fingerprint density at radius 3 is 2.16 bits per heavy atom. The number of benzene rings is 2. The first-order chi connectivity index (χ1) is 15.3. The average molecular weight is 440 g/mol. The summed E-state index contributed by atoms with van der Waals surface area (Å²) in [5.41, 5.74) is 4.43. The maximum atomic E-state index is 12.8. The number of alkyl carbamates (subject to hydrolysis) is 1. The Bertz CT molecular complexity index is 946. The number of carbonyl (C=O) groups excluding carboxylic acids is 2. The molecule has 8 heteroatoms. The molecule has 32 heavy (non-hydrogen) atoms. The number of amides is 2. The smallest absolute Gasteiger partial charge is 0.407 e. The van der Waals surface area contributed by atoms with Crippen molar-refractivity contribution in [1.82, 2.24) is 10.2 Å². The van der Waals surface area contributed by atoms with Gasteiger partial charge >= 0.3 is 12.1 Å². The minimum absolute atomic E-state index is 0.0213. The van der Waals surface area contributed by atoms with Crippen molar-refractivity contribution in [3.63, 3.8) is 0 Å². The Balaban J connectivity index is 1.67. The fourth-order valence-electron chi connectivity index (χ4n) is 3.89. The molecule has 0 bridgehead atoms. The standard InChI is InChI=1S/C24H28N2O6/c1-15(31-3)22(23(29)26(2)13-12-21(27)28)25-24(30)32-14-20-18-10-6-4-8-16(18)17-9-5-7-11-19(17)20/h4-11,15,20,22H,12-14H2,1-3H3,(H,25,30)(H,27,28)/t15-,22+/m1/s1. The molecule has 1 aliphatic rings. The van der Waals surface area contributed by atoms with Gasteiger partial charge in [0.2, 0.25) is 5.91 Å². The van der Waals surface area contributed by atoms with Crippen molar-refractivity contribution in [2.45, 2.75) is 31.4 Å². The molecule has 2 aromatic carbocycles. The van der Waals surface area contributed by atoms with Crippen LogP contribution in [0.5, 0.6) is 0 Å². The van der Waals surface area contributed by atoms with Gasteiger partial charge in [-0.05, 0) is 29.2 Å². The van der Waals surface area contributed by atoms with Gasteiger partial charge in [-0.15, -0.1) is 0 Å². The van der Waals surface area contributed by atoms with E-state index in [1.807, 2.05) is 36.4 Å². The van der Waals surface area contributed by atoms with Gasteiger partial charge in [0, 0.05) is 26.6 Å². The lowest BCUT2D eigenvalue weighted by molar-refractivity contribution is -0.139. The summed E-state index contributed by atoms with van der Waals surface area (Å²) in [5, 5.41) is 11.4. The van der Waals surface area contributed by atoms with E-state index >= 15 is 0 Å². The van der Waals surface area contributed by atoms with E-state index in [2.05, 4.69) is 17.4 Å². The minimum Gasteiger partial charge on any atom is -0.481 e. The molecule has 0 aromatic heterocycles. The van der Waals surface area contributed by atoms with Crippen LogP contribution in [0.25, 0.3) is 11.1 Å². The summed E-state index contributed by atoms with van der Waals surface area (Å²) in [6.07, 6.45) is -1.56. The first kappa shape index (κ1) is 23.3. The SMILES string of the molecule is CO[C@H](C)[C@H](NC(=O)OCC1c2ccccc2-c2ccccc21)C(=O)N(C)CCC(=O)O. The largest absolute Gasteiger partial charge is 0.481 e. The van der Waals surface area contributed by atoms with Crippen LogP contribution in [0, 0.1) is 0 Å². The van der Waals surface area contributed by atoms with Gasteiger partial charge in [-0.2, -0.15) is 0 Å². The highest BCUT2D eigenvalue weighted by molar-refractivity contribution is 5.86. The number of fused-ring (bicyclic) bond motifs is 3. The van der Waals surface area contributed by atoms with Gasteiger partial charge in [0.1, 0.15) is 12.6 Å². The van der Waals surface area contributed by atoms with Crippen LogP contribution in [-0.4, -0.2) is 67.4 Å². The Labute approximate surface area is 187 Å². The summed E-state index contributed by atoms with van der Waals surface area (Å²) < 4.78 is 10.8. The van der Waals surface area contributed by atoms with Crippen molar-refractivity contribution >= 4 is 18.0 Å². The molecule has 2 amide bonds. The highest BCUT2D eigenvalue weighted by Crippen LogP contribution is 2.44. The molecule has 2 aromatic rings. The molecule has 0 spiro atoms. The molecule has 3 rings (SSSR count). The molecular weight excluding hydrogens is 412 g/mol. The van der Waals surface area contributed by atoms with Gasteiger partial charge in [-0.1, -0.05) is 48.5 Å². The number of ether oxygens (including phenoxy) is 2. The number of nitrogens with one attached hydrogen (secondary N) is 1.